The van der Waals surface area contributed by atoms with E-state index in [2.05, 4.69) is 5.32 Å². The first-order valence-corrected chi connectivity index (χ1v) is 7.81. The number of benzene rings is 1. The van der Waals surface area contributed by atoms with Crippen LogP contribution in [-0.2, 0) is 11.3 Å². The summed E-state index contributed by atoms with van der Waals surface area (Å²) in [4.78, 5) is 25.5. The Morgan fingerprint density at radius 3 is 2.50 bits per heavy atom. The summed E-state index contributed by atoms with van der Waals surface area (Å²) in [7, 11) is 3.46. The number of carbonyl (C=O) groups excluding carboxylic acids is 2. The van der Waals surface area contributed by atoms with Gasteiger partial charge in [0.05, 0.1) is 0 Å². The van der Waals surface area contributed by atoms with Crippen LogP contribution in [0.4, 0.5) is 0 Å². The Bertz CT molecular complexity index is 525. The SMILES string of the molecule is CN(C)C(=O)c1ccc(CNC(=O)C2CCCC(N)C2)cc1. The Labute approximate surface area is 131 Å². The van der Waals surface area contributed by atoms with Crippen molar-refractivity contribution in [2.75, 3.05) is 14.1 Å². The summed E-state index contributed by atoms with van der Waals surface area (Å²) in [5.41, 5.74) is 7.56. The maximum atomic E-state index is 12.2. The fourth-order valence-electron chi connectivity index (χ4n) is 2.82. The fourth-order valence-corrected chi connectivity index (χ4v) is 2.82. The fraction of sp³-hybridized carbons (Fsp3) is 0.529. The van der Waals surface area contributed by atoms with Crippen LogP contribution in [0, 0.1) is 5.92 Å². The zero-order valence-corrected chi connectivity index (χ0v) is 13.3. The highest BCUT2D eigenvalue weighted by molar-refractivity contribution is 5.93. The Morgan fingerprint density at radius 1 is 1.23 bits per heavy atom. The predicted octanol–water partition coefficient (Wildman–Crippen LogP) is 1.52. The van der Waals surface area contributed by atoms with E-state index in [0.29, 0.717) is 12.1 Å². The monoisotopic (exact) mass is 303 g/mol. The molecule has 0 spiro atoms. The maximum Gasteiger partial charge on any atom is 0.253 e. The molecule has 1 aromatic carbocycles. The van der Waals surface area contributed by atoms with Crippen molar-refractivity contribution in [3.63, 3.8) is 0 Å². The summed E-state index contributed by atoms with van der Waals surface area (Å²) in [6.45, 7) is 0.487. The molecular formula is C17H25N3O2. The van der Waals surface area contributed by atoms with Gasteiger partial charge in [-0.3, -0.25) is 9.59 Å². The van der Waals surface area contributed by atoms with E-state index in [9.17, 15) is 9.59 Å². The predicted molar refractivity (Wildman–Crippen MR) is 86.2 cm³/mol. The minimum Gasteiger partial charge on any atom is -0.352 e. The van der Waals surface area contributed by atoms with Gasteiger partial charge < -0.3 is 16.0 Å². The second kappa shape index (κ2) is 7.40. The van der Waals surface area contributed by atoms with Crippen molar-refractivity contribution in [3.8, 4) is 0 Å². The van der Waals surface area contributed by atoms with Gasteiger partial charge in [0, 0.05) is 38.2 Å². The Morgan fingerprint density at radius 2 is 1.91 bits per heavy atom. The summed E-state index contributed by atoms with van der Waals surface area (Å²) in [6.07, 6.45) is 3.75. The summed E-state index contributed by atoms with van der Waals surface area (Å²) >= 11 is 0. The van der Waals surface area contributed by atoms with Crippen LogP contribution >= 0.6 is 0 Å². The summed E-state index contributed by atoms with van der Waals surface area (Å²) < 4.78 is 0. The number of hydrogen-bond donors (Lipinski definition) is 2. The van der Waals surface area contributed by atoms with Crippen LogP contribution in [-0.4, -0.2) is 36.9 Å². The lowest BCUT2D eigenvalue weighted by atomic mass is 9.85. The molecule has 2 unspecified atom stereocenters. The van der Waals surface area contributed by atoms with Gasteiger partial charge in [-0.05, 0) is 37.0 Å². The van der Waals surface area contributed by atoms with E-state index in [-0.39, 0.29) is 23.8 Å². The third-order valence-corrected chi connectivity index (χ3v) is 4.16. The number of nitrogens with two attached hydrogens (primary N) is 1. The topological polar surface area (TPSA) is 75.4 Å². The van der Waals surface area contributed by atoms with Crippen LogP contribution in [0.15, 0.2) is 24.3 Å². The molecule has 1 aliphatic carbocycles. The summed E-state index contributed by atoms with van der Waals surface area (Å²) in [5.74, 6) is 0.105. The number of carbonyl (C=O) groups is 2. The molecule has 2 atom stereocenters. The van der Waals surface area contributed by atoms with Gasteiger partial charge in [0.15, 0.2) is 0 Å². The molecule has 0 aliphatic heterocycles. The van der Waals surface area contributed by atoms with Gasteiger partial charge >= 0.3 is 0 Å². The molecule has 0 bridgehead atoms. The minimum absolute atomic E-state index is 0.0215. The third kappa shape index (κ3) is 4.31. The molecule has 3 N–H and O–H groups in total. The van der Waals surface area contributed by atoms with Crippen molar-refractivity contribution < 1.29 is 9.59 Å². The van der Waals surface area contributed by atoms with Gasteiger partial charge in [-0.2, -0.15) is 0 Å². The van der Waals surface area contributed by atoms with E-state index in [0.717, 1.165) is 31.2 Å². The smallest absolute Gasteiger partial charge is 0.253 e. The van der Waals surface area contributed by atoms with Crippen molar-refractivity contribution >= 4 is 11.8 Å². The van der Waals surface area contributed by atoms with Crippen molar-refractivity contribution in [2.45, 2.75) is 38.3 Å². The van der Waals surface area contributed by atoms with Gasteiger partial charge in [-0.15, -0.1) is 0 Å². The quantitative estimate of drug-likeness (QED) is 0.885. The van der Waals surface area contributed by atoms with E-state index < -0.39 is 0 Å². The average Bonchev–Trinajstić information content (AvgIpc) is 2.52. The molecular weight excluding hydrogens is 278 g/mol. The number of rotatable bonds is 4. The Hall–Kier alpha value is -1.88. The minimum atomic E-state index is -0.0215. The molecule has 0 radical (unpaired) electrons. The molecule has 5 heteroatoms. The largest absolute Gasteiger partial charge is 0.352 e. The van der Waals surface area contributed by atoms with E-state index in [1.54, 1.807) is 31.1 Å². The van der Waals surface area contributed by atoms with Gasteiger partial charge in [-0.1, -0.05) is 18.6 Å². The molecule has 0 heterocycles. The molecule has 1 fully saturated rings. The number of nitrogens with one attached hydrogen (secondary N) is 1. The highest BCUT2D eigenvalue weighted by Gasteiger charge is 2.24. The van der Waals surface area contributed by atoms with Crippen LogP contribution in [0.5, 0.6) is 0 Å². The number of amides is 2. The molecule has 22 heavy (non-hydrogen) atoms. The van der Waals surface area contributed by atoms with Crippen molar-refractivity contribution in [3.05, 3.63) is 35.4 Å². The van der Waals surface area contributed by atoms with Gasteiger partial charge in [-0.25, -0.2) is 0 Å². The standard InChI is InChI=1S/C17H25N3O2/c1-20(2)17(22)13-8-6-12(7-9-13)11-19-16(21)14-4-3-5-15(18)10-14/h6-9,14-15H,3-5,10-11,18H2,1-2H3,(H,19,21). The maximum absolute atomic E-state index is 12.2. The first kappa shape index (κ1) is 16.5. The molecule has 1 aliphatic rings. The highest BCUT2D eigenvalue weighted by atomic mass is 16.2. The van der Waals surface area contributed by atoms with E-state index in [1.807, 2.05) is 12.1 Å². The lowest BCUT2D eigenvalue weighted by molar-refractivity contribution is -0.126. The summed E-state index contributed by atoms with van der Waals surface area (Å²) in [6, 6.07) is 7.49. The second-order valence-electron chi connectivity index (χ2n) is 6.24. The van der Waals surface area contributed by atoms with E-state index >= 15 is 0 Å². The van der Waals surface area contributed by atoms with Crippen molar-refractivity contribution in [1.29, 1.82) is 0 Å². The second-order valence-corrected chi connectivity index (χ2v) is 6.24. The van der Waals surface area contributed by atoms with E-state index in [1.165, 1.54) is 0 Å². The van der Waals surface area contributed by atoms with E-state index in [4.69, 9.17) is 5.73 Å². The van der Waals surface area contributed by atoms with Crippen LogP contribution in [0.2, 0.25) is 0 Å². The normalized spacial score (nSPS) is 21.2. The van der Waals surface area contributed by atoms with Crippen LogP contribution in [0.25, 0.3) is 0 Å². The molecule has 120 valence electrons. The van der Waals surface area contributed by atoms with Crippen molar-refractivity contribution in [1.82, 2.24) is 10.2 Å². The van der Waals surface area contributed by atoms with Crippen LogP contribution in [0.1, 0.15) is 41.6 Å². The first-order chi connectivity index (χ1) is 10.5. The molecule has 1 saturated carbocycles. The van der Waals surface area contributed by atoms with Gasteiger partial charge in [0.1, 0.15) is 0 Å². The molecule has 2 amide bonds. The molecule has 1 aromatic rings. The Kier molecular flexibility index (Phi) is 5.55. The Balaban J connectivity index is 1.86. The number of nitrogens with zero attached hydrogens (tertiary/aromatic N) is 1. The lowest BCUT2D eigenvalue weighted by Crippen LogP contribution is -2.37. The zero-order chi connectivity index (χ0) is 16.1. The third-order valence-electron chi connectivity index (χ3n) is 4.16. The first-order valence-electron chi connectivity index (χ1n) is 7.81. The molecule has 2 rings (SSSR count). The zero-order valence-electron chi connectivity index (χ0n) is 13.3. The van der Waals surface area contributed by atoms with Crippen LogP contribution < -0.4 is 11.1 Å². The van der Waals surface area contributed by atoms with Crippen LogP contribution in [0.3, 0.4) is 0 Å². The highest BCUT2D eigenvalue weighted by Crippen LogP contribution is 2.23. The van der Waals surface area contributed by atoms with Gasteiger partial charge in [0.25, 0.3) is 5.91 Å². The average molecular weight is 303 g/mol. The summed E-state index contributed by atoms with van der Waals surface area (Å²) in [5, 5.41) is 2.97. The number of hydrogen-bond acceptors (Lipinski definition) is 3. The lowest BCUT2D eigenvalue weighted by Gasteiger charge is -2.25. The van der Waals surface area contributed by atoms with Gasteiger partial charge in [0.2, 0.25) is 5.91 Å². The van der Waals surface area contributed by atoms with Crippen molar-refractivity contribution in [2.24, 2.45) is 11.7 Å². The molecule has 0 aromatic heterocycles. The molecule has 5 nitrogen and oxygen atoms in total. The molecule has 0 saturated heterocycles.